The lowest BCUT2D eigenvalue weighted by molar-refractivity contribution is -0.136. The second-order valence-corrected chi connectivity index (χ2v) is 7.40. The van der Waals surface area contributed by atoms with Crippen molar-refractivity contribution in [1.29, 1.82) is 0 Å². The molecule has 150 valence electrons. The van der Waals surface area contributed by atoms with Crippen molar-refractivity contribution >= 4 is 23.4 Å². The topological polar surface area (TPSA) is 67.5 Å². The number of fused-ring (bicyclic) bond motifs is 1. The van der Waals surface area contributed by atoms with E-state index in [0.29, 0.717) is 23.9 Å². The van der Waals surface area contributed by atoms with Gasteiger partial charge in [0.1, 0.15) is 5.76 Å². The van der Waals surface area contributed by atoms with Crippen LogP contribution in [0.25, 0.3) is 0 Å². The highest BCUT2D eigenvalue weighted by atomic mass is 35.5. The SMILES string of the molecule is O=C(CCC(=O)N1CCn2cccc2[C@H]1c1ccccc1Cl)NCc1ccco1. The lowest BCUT2D eigenvalue weighted by Crippen LogP contribution is -2.42. The molecule has 0 saturated carbocycles. The Balaban J connectivity index is 1.45. The van der Waals surface area contributed by atoms with E-state index in [-0.39, 0.29) is 30.7 Å². The molecule has 6 nitrogen and oxygen atoms in total. The van der Waals surface area contributed by atoms with E-state index in [2.05, 4.69) is 9.88 Å². The van der Waals surface area contributed by atoms with Gasteiger partial charge in [-0.1, -0.05) is 29.8 Å². The summed E-state index contributed by atoms with van der Waals surface area (Å²) < 4.78 is 7.35. The predicted molar refractivity (Wildman–Crippen MR) is 109 cm³/mol. The second kappa shape index (κ2) is 8.57. The van der Waals surface area contributed by atoms with Gasteiger partial charge in [-0.3, -0.25) is 9.59 Å². The van der Waals surface area contributed by atoms with Gasteiger partial charge >= 0.3 is 0 Å². The molecule has 0 spiro atoms. The van der Waals surface area contributed by atoms with Crippen LogP contribution in [-0.4, -0.2) is 27.8 Å². The zero-order chi connectivity index (χ0) is 20.2. The fourth-order valence-corrected chi connectivity index (χ4v) is 3.97. The zero-order valence-corrected chi connectivity index (χ0v) is 16.6. The van der Waals surface area contributed by atoms with Crippen LogP contribution in [0, 0.1) is 0 Å². The molecule has 3 heterocycles. The van der Waals surface area contributed by atoms with Crippen molar-refractivity contribution < 1.29 is 14.0 Å². The zero-order valence-electron chi connectivity index (χ0n) is 15.9. The van der Waals surface area contributed by atoms with E-state index in [0.717, 1.165) is 17.8 Å². The Morgan fingerprint density at radius 2 is 1.93 bits per heavy atom. The molecular formula is C22H22ClN3O3. The number of nitrogens with zero attached hydrogens (tertiary/aromatic N) is 2. The molecule has 0 bridgehead atoms. The maximum Gasteiger partial charge on any atom is 0.223 e. The number of amides is 2. The lowest BCUT2D eigenvalue weighted by Gasteiger charge is -2.37. The molecular weight excluding hydrogens is 390 g/mol. The van der Waals surface area contributed by atoms with Gasteiger partial charge in [0.15, 0.2) is 0 Å². The number of hydrogen-bond acceptors (Lipinski definition) is 3. The van der Waals surface area contributed by atoms with Gasteiger partial charge in [-0.05, 0) is 35.9 Å². The van der Waals surface area contributed by atoms with Gasteiger partial charge in [-0.2, -0.15) is 0 Å². The molecule has 1 aromatic carbocycles. The molecule has 1 N–H and O–H groups in total. The normalized spacial score (nSPS) is 15.8. The van der Waals surface area contributed by atoms with Crippen LogP contribution in [0.5, 0.6) is 0 Å². The minimum absolute atomic E-state index is 0.0597. The van der Waals surface area contributed by atoms with Gasteiger partial charge in [0.25, 0.3) is 0 Å². The molecule has 1 atom stereocenters. The Labute approximate surface area is 174 Å². The summed E-state index contributed by atoms with van der Waals surface area (Å²) >= 11 is 6.46. The van der Waals surface area contributed by atoms with E-state index >= 15 is 0 Å². The number of benzene rings is 1. The Hall–Kier alpha value is -2.99. The molecule has 7 heteroatoms. The minimum Gasteiger partial charge on any atom is -0.467 e. The minimum atomic E-state index is -0.258. The summed E-state index contributed by atoms with van der Waals surface area (Å²) in [4.78, 5) is 27.0. The molecule has 29 heavy (non-hydrogen) atoms. The number of carbonyl (C=O) groups is 2. The third kappa shape index (κ3) is 4.22. The summed E-state index contributed by atoms with van der Waals surface area (Å²) in [5.41, 5.74) is 1.92. The quantitative estimate of drug-likeness (QED) is 0.671. The van der Waals surface area contributed by atoms with Crippen LogP contribution < -0.4 is 5.32 Å². The monoisotopic (exact) mass is 411 g/mol. The van der Waals surface area contributed by atoms with Gasteiger partial charge in [0.05, 0.1) is 18.8 Å². The largest absolute Gasteiger partial charge is 0.467 e. The summed E-state index contributed by atoms with van der Waals surface area (Å²) in [6, 6.07) is 14.9. The van der Waals surface area contributed by atoms with Gasteiger partial charge < -0.3 is 19.2 Å². The molecule has 2 aromatic heterocycles. The molecule has 0 saturated heterocycles. The maximum atomic E-state index is 13.0. The molecule has 1 aliphatic rings. The van der Waals surface area contributed by atoms with Crippen LogP contribution in [0.2, 0.25) is 5.02 Å². The van der Waals surface area contributed by atoms with Crippen LogP contribution >= 0.6 is 11.6 Å². The first-order chi connectivity index (χ1) is 14.1. The average molecular weight is 412 g/mol. The van der Waals surface area contributed by atoms with Crippen molar-refractivity contribution in [1.82, 2.24) is 14.8 Å². The first-order valence-corrected chi connectivity index (χ1v) is 9.99. The van der Waals surface area contributed by atoms with Gasteiger partial charge in [0.2, 0.25) is 11.8 Å². The van der Waals surface area contributed by atoms with Gasteiger partial charge in [0, 0.05) is 42.8 Å². The molecule has 0 radical (unpaired) electrons. The van der Waals surface area contributed by atoms with Crippen molar-refractivity contribution in [2.75, 3.05) is 6.54 Å². The Morgan fingerprint density at radius 1 is 1.07 bits per heavy atom. The van der Waals surface area contributed by atoms with Crippen LogP contribution in [0.3, 0.4) is 0 Å². The molecule has 0 fully saturated rings. The van der Waals surface area contributed by atoms with Gasteiger partial charge in [-0.25, -0.2) is 0 Å². The number of furan rings is 1. The van der Waals surface area contributed by atoms with E-state index in [1.807, 2.05) is 47.5 Å². The highest BCUT2D eigenvalue weighted by molar-refractivity contribution is 6.31. The molecule has 3 aromatic rings. The average Bonchev–Trinajstić information content (AvgIpc) is 3.42. The highest BCUT2D eigenvalue weighted by Crippen LogP contribution is 2.36. The number of nitrogens with one attached hydrogen (secondary N) is 1. The standard InChI is InChI=1S/C22H22ClN3O3/c23-18-7-2-1-6-17(18)22-19-8-3-11-25(19)12-13-26(22)21(28)10-9-20(27)24-15-16-5-4-14-29-16/h1-8,11,14,22H,9-10,12-13,15H2,(H,24,27)/t22-/m1/s1. The second-order valence-electron chi connectivity index (χ2n) is 6.99. The fraction of sp³-hybridized carbons (Fsp3) is 0.273. The van der Waals surface area contributed by atoms with Crippen LogP contribution in [0.1, 0.15) is 35.9 Å². The summed E-state index contributed by atoms with van der Waals surface area (Å²) in [6.07, 6.45) is 3.85. The van der Waals surface area contributed by atoms with Crippen LogP contribution in [0.4, 0.5) is 0 Å². The van der Waals surface area contributed by atoms with Crippen molar-refractivity contribution in [3.8, 4) is 0 Å². The number of carbonyl (C=O) groups excluding carboxylic acids is 2. The molecule has 1 aliphatic heterocycles. The van der Waals surface area contributed by atoms with E-state index in [1.54, 1.807) is 18.4 Å². The fourth-order valence-electron chi connectivity index (χ4n) is 3.73. The van der Waals surface area contributed by atoms with Crippen molar-refractivity contribution in [3.05, 3.63) is 83.0 Å². The summed E-state index contributed by atoms with van der Waals surface area (Å²) in [5, 5.41) is 3.40. The molecule has 0 unspecified atom stereocenters. The summed E-state index contributed by atoms with van der Waals surface area (Å²) in [5.74, 6) is 0.445. The third-order valence-corrected chi connectivity index (χ3v) is 5.51. The molecule has 0 aliphatic carbocycles. The van der Waals surface area contributed by atoms with E-state index < -0.39 is 0 Å². The van der Waals surface area contributed by atoms with E-state index in [9.17, 15) is 9.59 Å². The lowest BCUT2D eigenvalue weighted by atomic mass is 9.99. The molecule has 2 amide bonds. The highest BCUT2D eigenvalue weighted by Gasteiger charge is 2.33. The van der Waals surface area contributed by atoms with E-state index in [1.165, 1.54) is 0 Å². The Bertz CT molecular complexity index is 996. The van der Waals surface area contributed by atoms with E-state index in [4.69, 9.17) is 16.0 Å². The number of rotatable bonds is 6. The van der Waals surface area contributed by atoms with Crippen molar-refractivity contribution in [2.45, 2.75) is 32.0 Å². The third-order valence-electron chi connectivity index (χ3n) is 5.16. The number of aromatic nitrogens is 1. The number of halogens is 1. The maximum absolute atomic E-state index is 13.0. The van der Waals surface area contributed by atoms with Crippen LogP contribution in [0.15, 0.2) is 65.4 Å². The van der Waals surface area contributed by atoms with Gasteiger partial charge in [-0.15, -0.1) is 0 Å². The van der Waals surface area contributed by atoms with Crippen molar-refractivity contribution in [3.63, 3.8) is 0 Å². The smallest absolute Gasteiger partial charge is 0.223 e. The first kappa shape index (κ1) is 19.3. The Kier molecular flexibility index (Phi) is 5.71. The van der Waals surface area contributed by atoms with Crippen molar-refractivity contribution in [2.24, 2.45) is 0 Å². The summed E-state index contributed by atoms with van der Waals surface area (Å²) in [7, 11) is 0. The predicted octanol–water partition coefficient (Wildman–Crippen LogP) is 3.76. The summed E-state index contributed by atoms with van der Waals surface area (Å²) in [6.45, 7) is 1.61. The van der Waals surface area contributed by atoms with Crippen LogP contribution in [-0.2, 0) is 22.7 Å². The first-order valence-electron chi connectivity index (χ1n) is 9.61. The number of hydrogen-bond donors (Lipinski definition) is 1. The molecule has 4 rings (SSSR count). The Morgan fingerprint density at radius 3 is 2.72 bits per heavy atom.